The normalized spacial score (nSPS) is 11.1. The van der Waals surface area contributed by atoms with Crippen LogP contribution in [0, 0.1) is 0 Å². The highest BCUT2D eigenvalue weighted by molar-refractivity contribution is 5.91. The number of carbonyl (C=O) groups is 2. The first-order valence-electron chi connectivity index (χ1n) is 15.5. The summed E-state index contributed by atoms with van der Waals surface area (Å²) >= 11 is 0. The number of esters is 1. The maximum Gasteiger partial charge on any atom is 0.343 e. The van der Waals surface area contributed by atoms with E-state index in [1.807, 2.05) is 13.0 Å². The van der Waals surface area contributed by atoms with Crippen molar-refractivity contribution in [3.63, 3.8) is 0 Å². The van der Waals surface area contributed by atoms with Gasteiger partial charge in [-0.25, -0.2) is 10.2 Å². The second-order valence-electron chi connectivity index (χ2n) is 10.4. The fourth-order valence-electron chi connectivity index (χ4n) is 4.58. The fraction of sp³-hybridized carbons (Fsp3) is 0.559. The maximum absolute atomic E-state index is 12.4. The number of hydrazone groups is 1. The van der Waals surface area contributed by atoms with E-state index < -0.39 is 5.97 Å². The minimum absolute atomic E-state index is 0.0793. The molecule has 0 bridgehead atoms. The third kappa shape index (κ3) is 14.9. The monoisotopic (exact) mass is 550 g/mol. The van der Waals surface area contributed by atoms with Crippen LogP contribution >= 0.6 is 0 Å². The van der Waals surface area contributed by atoms with Crippen LogP contribution in [-0.4, -0.2) is 24.7 Å². The molecule has 40 heavy (non-hydrogen) atoms. The van der Waals surface area contributed by atoms with E-state index in [1.54, 1.807) is 48.7 Å². The first kappa shape index (κ1) is 33.1. The maximum atomic E-state index is 12.4. The van der Waals surface area contributed by atoms with E-state index in [9.17, 15) is 9.59 Å². The van der Waals surface area contributed by atoms with Gasteiger partial charge in [-0.05, 0) is 49.2 Å². The Morgan fingerprint density at radius 2 is 1.30 bits per heavy atom. The van der Waals surface area contributed by atoms with E-state index >= 15 is 0 Å². The Labute approximate surface area is 241 Å². The fourth-order valence-corrected chi connectivity index (χ4v) is 4.58. The first-order valence-corrected chi connectivity index (χ1v) is 15.5. The van der Waals surface area contributed by atoms with Crippen LogP contribution in [0.3, 0.4) is 0 Å². The van der Waals surface area contributed by atoms with Crippen molar-refractivity contribution in [2.45, 2.75) is 117 Å². The molecule has 0 aromatic heterocycles. The molecule has 0 heterocycles. The predicted molar refractivity (Wildman–Crippen MR) is 164 cm³/mol. The van der Waals surface area contributed by atoms with Crippen LogP contribution in [-0.2, 0) is 4.79 Å². The minimum Gasteiger partial charge on any atom is -0.490 e. The van der Waals surface area contributed by atoms with Crippen LogP contribution in [0.2, 0.25) is 0 Å². The number of benzene rings is 2. The summed E-state index contributed by atoms with van der Waals surface area (Å²) in [6.07, 6.45) is 21.6. The molecule has 2 aromatic rings. The molecule has 0 aliphatic carbocycles. The third-order valence-electron chi connectivity index (χ3n) is 6.89. The van der Waals surface area contributed by atoms with Gasteiger partial charge in [-0.15, -0.1) is 0 Å². The van der Waals surface area contributed by atoms with Gasteiger partial charge >= 0.3 is 5.97 Å². The Bertz CT molecular complexity index is 991. The number of hydrogen-bond donors (Lipinski definition) is 1. The largest absolute Gasteiger partial charge is 0.490 e. The van der Waals surface area contributed by atoms with Gasteiger partial charge < -0.3 is 9.47 Å². The zero-order chi connectivity index (χ0) is 28.7. The number of nitrogens with zero attached hydrogens (tertiary/aromatic N) is 1. The summed E-state index contributed by atoms with van der Waals surface area (Å²) in [6.45, 7) is 4.56. The average Bonchev–Trinajstić information content (AvgIpc) is 2.97. The molecule has 0 saturated carbocycles. The topological polar surface area (TPSA) is 77.0 Å². The van der Waals surface area contributed by atoms with Crippen LogP contribution < -0.4 is 14.9 Å². The standard InChI is InChI=1S/C34H50N2O4/c1-3-5-6-7-8-9-10-11-12-13-14-15-16-17-21-24-33(37)36-35-28-29-25-26-31(32(27-29)39-4-2)40-34(38)30-22-19-18-20-23-30/h18-20,22-23,25-28H,3-17,21,24H2,1-2H3,(H,36,37)/b35-28-. The van der Waals surface area contributed by atoms with Gasteiger partial charge in [-0.1, -0.05) is 115 Å². The van der Waals surface area contributed by atoms with E-state index in [0.29, 0.717) is 30.1 Å². The Kier molecular flexibility index (Phi) is 17.9. The number of amides is 1. The molecule has 1 amide bonds. The van der Waals surface area contributed by atoms with Crippen molar-refractivity contribution in [3.8, 4) is 11.5 Å². The lowest BCUT2D eigenvalue weighted by Gasteiger charge is -2.11. The molecule has 2 aromatic carbocycles. The van der Waals surface area contributed by atoms with Crippen molar-refractivity contribution in [1.82, 2.24) is 5.43 Å². The van der Waals surface area contributed by atoms with Gasteiger partial charge in [-0.2, -0.15) is 5.10 Å². The van der Waals surface area contributed by atoms with Crippen molar-refractivity contribution < 1.29 is 19.1 Å². The summed E-state index contributed by atoms with van der Waals surface area (Å²) in [4.78, 5) is 24.5. The molecule has 0 fully saturated rings. The minimum atomic E-state index is -0.450. The molecule has 0 radical (unpaired) electrons. The lowest BCUT2D eigenvalue weighted by molar-refractivity contribution is -0.121. The second kappa shape index (κ2) is 21.6. The number of unbranched alkanes of at least 4 members (excludes halogenated alkanes) is 14. The highest BCUT2D eigenvalue weighted by Crippen LogP contribution is 2.29. The molecule has 0 aliphatic heterocycles. The van der Waals surface area contributed by atoms with E-state index in [-0.39, 0.29) is 5.91 Å². The van der Waals surface area contributed by atoms with Crippen molar-refractivity contribution in [1.29, 1.82) is 0 Å². The molecule has 0 saturated heterocycles. The van der Waals surface area contributed by atoms with Crippen molar-refractivity contribution in [2.24, 2.45) is 5.10 Å². The Hall–Kier alpha value is -3.15. The second-order valence-corrected chi connectivity index (χ2v) is 10.4. The molecule has 2 rings (SSSR count). The molecular weight excluding hydrogens is 500 g/mol. The third-order valence-corrected chi connectivity index (χ3v) is 6.89. The van der Waals surface area contributed by atoms with Crippen molar-refractivity contribution in [2.75, 3.05) is 6.61 Å². The number of ether oxygens (including phenoxy) is 2. The number of carbonyl (C=O) groups excluding carboxylic acids is 2. The average molecular weight is 551 g/mol. The number of nitrogens with one attached hydrogen (secondary N) is 1. The summed E-state index contributed by atoms with van der Waals surface area (Å²) in [6, 6.07) is 14.0. The van der Waals surface area contributed by atoms with E-state index in [2.05, 4.69) is 17.5 Å². The zero-order valence-electron chi connectivity index (χ0n) is 24.8. The van der Waals surface area contributed by atoms with Gasteiger partial charge in [0.2, 0.25) is 5.91 Å². The first-order chi connectivity index (χ1) is 19.6. The molecule has 6 heteroatoms. The van der Waals surface area contributed by atoms with Crippen LogP contribution in [0.5, 0.6) is 11.5 Å². The predicted octanol–water partition coefficient (Wildman–Crippen LogP) is 9.02. The molecule has 6 nitrogen and oxygen atoms in total. The summed E-state index contributed by atoms with van der Waals surface area (Å²) in [5.74, 6) is 0.253. The van der Waals surface area contributed by atoms with Crippen LogP contribution in [0.4, 0.5) is 0 Å². The van der Waals surface area contributed by atoms with Gasteiger partial charge in [0.05, 0.1) is 18.4 Å². The SMILES string of the molecule is CCCCCCCCCCCCCCCCCC(=O)N/N=C\c1ccc(OC(=O)c2ccccc2)c(OCC)c1. The summed E-state index contributed by atoms with van der Waals surface area (Å²) in [5, 5.41) is 4.08. The molecular formula is C34H50N2O4. The number of rotatable bonds is 22. The Morgan fingerprint density at radius 1 is 0.725 bits per heavy atom. The summed E-state index contributed by atoms with van der Waals surface area (Å²) in [5.41, 5.74) is 3.80. The highest BCUT2D eigenvalue weighted by atomic mass is 16.6. The Balaban J connectivity index is 1.56. The van der Waals surface area contributed by atoms with Gasteiger partial charge in [0, 0.05) is 6.42 Å². The smallest absolute Gasteiger partial charge is 0.343 e. The van der Waals surface area contributed by atoms with Gasteiger partial charge in [0.1, 0.15) is 0 Å². The number of hydrogen-bond acceptors (Lipinski definition) is 5. The lowest BCUT2D eigenvalue weighted by Crippen LogP contribution is -2.16. The summed E-state index contributed by atoms with van der Waals surface area (Å²) in [7, 11) is 0. The quantitative estimate of drug-likeness (QED) is 0.0522. The highest BCUT2D eigenvalue weighted by Gasteiger charge is 2.13. The molecule has 0 aliphatic rings. The molecule has 0 unspecified atom stereocenters. The van der Waals surface area contributed by atoms with Crippen LogP contribution in [0.1, 0.15) is 133 Å². The molecule has 0 spiro atoms. The van der Waals surface area contributed by atoms with E-state index in [1.165, 1.54) is 83.5 Å². The van der Waals surface area contributed by atoms with E-state index in [0.717, 1.165) is 18.4 Å². The van der Waals surface area contributed by atoms with Crippen LogP contribution in [0.25, 0.3) is 0 Å². The zero-order valence-corrected chi connectivity index (χ0v) is 24.8. The lowest BCUT2D eigenvalue weighted by atomic mass is 10.0. The molecule has 1 N–H and O–H groups in total. The van der Waals surface area contributed by atoms with Gasteiger partial charge in [-0.3, -0.25) is 4.79 Å². The Morgan fingerprint density at radius 3 is 1.88 bits per heavy atom. The molecule has 0 atom stereocenters. The summed E-state index contributed by atoms with van der Waals surface area (Å²) < 4.78 is 11.2. The van der Waals surface area contributed by atoms with Crippen molar-refractivity contribution >= 4 is 18.1 Å². The molecule has 220 valence electrons. The van der Waals surface area contributed by atoms with Gasteiger partial charge in [0.25, 0.3) is 0 Å². The van der Waals surface area contributed by atoms with E-state index in [4.69, 9.17) is 9.47 Å². The van der Waals surface area contributed by atoms with Gasteiger partial charge in [0.15, 0.2) is 11.5 Å². The van der Waals surface area contributed by atoms with Crippen LogP contribution in [0.15, 0.2) is 53.6 Å². The van der Waals surface area contributed by atoms with Crippen molar-refractivity contribution in [3.05, 3.63) is 59.7 Å².